The number of aliphatic hydroxyl groups excluding tert-OH is 1. The molecule has 0 atom stereocenters. The van der Waals surface area contributed by atoms with Gasteiger partial charge in [0.2, 0.25) is 0 Å². The summed E-state index contributed by atoms with van der Waals surface area (Å²) in [4.78, 5) is 6.96. The third kappa shape index (κ3) is 5.67. The van der Waals surface area contributed by atoms with Crippen LogP contribution in [0, 0.1) is 5.41 Å². The van der Waals surface area contributed by atoms with Gasteiger partial charge >= 0.3 is 0 Å². The Balaban J connectivity index is 2.41. The average molecular weight is 399 g/mol. The lowest BCUT2D eigenvalue weighted by Gasteiger charge is -2.26. The van der Waals surface area contributed by atoms with E-state index in [0.29, 0.717) is 24.6 Å². The fourth-order valence-electron chi connectivity index (χ4n) is 3.29. The fourth-order valence-corrected chi connectivity index (χ4v) is 3.29. The van der Waals surface area contributed by atoms with Crippen LogP contribution in [0.5, 0.6) is 0 Å². The molecule has 1 aromatic rings. The lowest BCUT2D eigenvalue weighted by molar-refractivity contribution is 0.288. The van der Waals surface area contributed by atoms with Crippen LogP contribution in [0.2, 0.25) is 0 Å². The standard InChI is InChI=1S/C22H34N6O/c1-5-9-21-22(18-14-25-28(15-18)19(6-2)7-3)26-20(16-27(21)4)17(12-23)13-24-10-8-11-29/h9,12-16,19,23-24,29H,5-8,10-11H2,1-4H3/b17-13+,21-9-,23-12?. The Hall–Kier alpha value is -2.67. The number of aromatic nitrogens is 2. The summed E-state index contributed by atoms with van der Waals surface area (Å²) in [5.74, 6) is 0. The van der Waals surface area contributed by atoms with E-state index in [-0.39, 0.29) is 6.61 Å². The van der Waals surface area contributed by atoms with Gasteiger partial charge in [0.1, 0.15) is 0 Å². The Morgan fingerprint density at radius 3 is 2.69 bits per heavy atom. The Morgan fingerprint density at radius 2 is 2.07 bits per heavy atom. The molecule has 0 spiro atoms. The molecule has 0 aromatic carbocycles. The highest BCUT2D eigenvalue weighted by Gasteiger charge is 2.22. The summed E-state index contributed by atoms with van der Waals surface area (Å²) < 4.78 is 2.03. The van der Waals surface area contributed by atoms with E-state index in [0.717, 1.165) is 41.9 Å². The summed E-state index contributed by atoms with van der Waals surface area (Å²) >= 11 is 0. The zero-order chi connectivity index (χ0) is 21.2. The first-order chi connectivity index (χ1) is 14.1. The number of hydrogen-bond donors (Lipinski definition) is 3. The fraction of sp³-hybridized carbons (Fsp3) is 0.500. The first kappa shape index (κ1) is 22.6. The minimum absolute atomic E-state index is 0.139. The van der Waals surface area contributed by atoms with Gasteiger partial charge in [-0.25, -0.2) is 4.99 Å². The summed E-state index contributed by atoms with van der Waals surface area (Å²) in [6, 6.07) is 0.382. The maximum absolute atomic E-state index is 8.93. The average Bonchev–Trinajstić information content (AvgIpc) is 3.20. The largest absolute Gasteiger partial charge is 0.396 e. The van der Waals surface area contributed by atoms with E-state index in [1.54, 1.807) is 6.20 Å². The quantitative estimate of drug-likeness (QED) is 0.392. The minimum Gasteiger partial charge on any atom is -0.396 e. The highest BCUT2D eigenvalue weighted by molar-refractivity contribution is 6.13. The van der Waals surface area contributed by atoms with E-state index in [1.807, 2.05) is 24.1 Å². The van der Waals surface area contributed by atoms with Gasteiger partial charge in [-0.3, -0.25) is 4.68 Å². The maximum atomic E-state index is 8.93. The summed E-state index contributed by atoms with van der Waals surface area (Å²) in [5.41, 5.74) is 4.30. The van der Waals surface area contributed by atoms with Gasteiger partial charge < -0.3 is 20.7 Å². The number of aliphatic imine (C=N–C) groups is 1. The summed E-state index contributed by atoms with van der Waals surface area (Å²) in [5, 5.41) is 24.5. The van der Waals surface area contributed by atoms with Crippen LogP contribution in [0.4, 0.5) is 0 Å². The molecule has 29 heavy (non-hydrogen) atoms. The van der Waals surface area contributed by atoms with Crippen LogP contribution in [0.1, 0.15) is 58.1 Å². The lowest BCUT2D eigenvalue weighted by atomic mass is 10.1. The zero-order valence-corrected chi connectivity index (χ0v) is 18.0. The monoisotopic (exact) mass is 398 g/mol. The summed E-state index contributed by atoms with van der Waals surface area (Å²) in [6.07, 6.45) is 14.8. The van der Waals surface area contributed by atoms with Crippen molar-refractivity contribution in [3.8, 4) is 0 Å². The van der Waals surface area contributed by atoms with Crippen molar-refractivity contribution in [3.63, 3.8) is 0 Å². The molecule has 0 unspecified atom stereocenters. The summed E-state index contributed by atoms with van der Waals surface area (Å²) in [7, 11) is 2.00. The predicted octanol–water partition coefficient (Wildman–Crippen LogP) is 3.62. The van der Waals surface area contributed by atoms with Gasteiger partial charge in [-0.2, -0.15) is 5.10 Å². The molecule has 0 fully saturated rings. The molecule has 1 aliphatic heterocycles. The van der Waals surface area contributed by atoms with Gasteiger partial charge in [-0.15, -0.1) is 0 Å². The van der Waals surface area contributed by atoms with Gasteiger partial charge in [0.25, 0.3) is 0 Å². The van der Waals surface area contributed by atoms with Crippen LogP contribution in [-0.2, 0) is 0 Å². The molecular weight excluding hydrogens is 364 g/mol. The van der Waals surface area contributed by atoms with Gasteiger partial charge in [0, 0.05) is 56.1 Å². The molecule has 1 aliphatic rings. The van der Waals surface area contributed by atoms with E-state index >= 15 is 0 Å². The molecule has 2 rings (SSSR count). The van der Waals surface area contributed by atoms with E-state index in [4.69, 9.17) is 15.5 Å². The molecule has 0 amide bonds. The first-order valence-corrected chi connectivity index (χ1v) is 10.4. The molecule has 158 valence electrons. The number of nitrogens with one attached hydrogen (secondary N) is 2. The van der Waals surface area contributed by atoms with Crippen LogP contribution in [0.3, 0.4) is 0 Å². The Bertz CT molecular complexity index is 798. The number of rotatable bonds is 11. The van der Waals surface area contributed by atoms with E-state index < -0.39 is 0 Å². The number of likely N-dealkylation sites (N-methyl/N-ethyl adjacent to an activating group) is 1. The summed E-state index contributed by atoms with van der Waals surface area (Å²) in [6.45, 7) is 7.25. The third-order valence-corrected chi connectivity index (χ3v) is 4.95. The highest BCUT2D eigenvalue weighted by Crippen LogP contribution is 2.25. The minimum atomic E-state index is 0.139. The molecule has 0 radical (unpaired) electrons. The van der Waals surface area contributed by atoms with E-state index in [2.05, 4.69) is 48.4 Å². The lowest BCUT2D eigenvalue weighted by Crippen LogP contribution is -2.24. The van der Waals surface area contributed by atoms with Gasteiger partial charge in [0.15, 0.2) is 0 Å². The smallest absolute Gasteiger partial charge is 0.0974 e. The van der Waals surface area contributed by atoms with Crippen molar-refractivity contribution in [1.82, 2.24) is 20.0 Å². The van der Waals surface area contributed by atoms with Crippen LogP contribution in [-0.4, -0.2) is 51.9 Å². The number of allylic oxidation sites excluding steroid dienone is 3. The molecule has 7 heteroatoms. The number of nitrogens with zero attached hydrogens (tertiary/aromatic N) is 4. The topological polar surface area (TPSA) is 89.5 Å². The van der Waals surface area contributed by atoms with E-state index in [1.165, 1.54) is 6.21 Å². The van der Waals surface area contributed by atoms with Crippen molar-refractivity contribution in [1.29, 1.82) is 5.41 Å². The highest BCUT2D eigenvalue weighted by atomic mass is 16.3. The second-order valence-electron chi connectivity index (χ2n) is 7.04. The predicted molar refractivity (Wildman–Crippen MR) is 119 cm³/mol. The van der Waals surface area contributed by atoms with Crippen molar-refractivity contribution < 1.29 is 5.11 Å². The second kappa shape index (κ2) is 11.4. The molecule has 0 saturated heterocycles. The first-order valence-electron chi connectivity index (χ1n) is 10.4. The van der Waals surface area contributed by atoms with Crippen molar-refractivity contribution in [2.24, 2.45) is 4.99 Å². The Morgan fingerprint density at radius 1 is 1.31 bits per heavy atom. The van der Waals surface area contributed by atoms with Crippen molar-refractivity contribution >= 4 is 11.9 Å². The van der Waals surface area contributed by atoms with Crippen LogP contribution >= 0.6 is 0 Å². The SMILES string of the molecule is CC/C=C1/C(c2cnn(C(CC)CC)c2)=NC(/C(C=N)=C/NCCCO)=CN1C. The van der Waals surface area contributed by atoms with Gasteiger partial charge in [0.05, 0.1) is 29.3 Å². The number of hydrogen-bond acceptors (Lipinski definition) is 6. The normalized spacial score (nSPS) is 16.3. The molecule has 0 saturated carbocycles. The molecule has 2 heterocycles. The van der Waals surface area contributed by atoms with Crippen molar-refractivity contribution in [2.45, 2.75) is 52.5 Å². The molecule has 3 N–H and O–H groups in total. The molecule has 1 aromatic heterocycles. The number of aliphatic hydroxyl groups is 1. The molecule has 0 aliphatic carbocycles. The van der Waals surface area contributed by atoms with Gasteiger partial charge in [-0.1, -0.05) is 26.8 Å². The molecule has 0 bridgehead atoms. The van der Waals surface area contributed by atoms with Crippen LogP contribution in [0.25, 0.3) is 0 Å². The molecular formula is C22H34N6O. The Labute approximate surface area is 174 Å². The maximum Gasteiger partial charge on any atom is 0.0974 e. The van der Waals surface area contributed by atoms with Crippen LogP contribution < -0.4 is 5.32 Å². The van der Waals surface area contributed by atoms with Crippen LogP contribution in [0.15, 0.2) is 52.8 Å². The van der Waals surface area contributed by atoms with Gasteiger partial charge in [-0.05, 0) is 25.7 Å². The Kier molecular flexibility index (Phi) is 8.86. The third-order valence-electron chi connectivity index (χ3n) is 4.95. The van der Waals surface area contributed by atoms with E-state index in [9.17, 15) is 0 Å². The molecule has 7 nitrogen and oxygen atoms in total. The van der Waals surface area contributed by atoms with Crippen molar-refractivity contribution in [2.75, 3.05) is 20.2 Å². The second-order valence-corrected chi connectivity index (χ2v) is 7.04. The zero-order valence-electron chi connectivity index (χ0n) is 18.0. The van der Waals surface area contributed by atoms with Crippen molar-refractivity contribution in [3.05, 3.63) is 53.4 Å².